The van der Waals surface area contributed by atoms with Crippen molar-refractivity contribution in [3.05, 3.63) is 113 Å². The maximum absolute atomic E-state index is 13.5. The number of hydrogen-bond donors (Lipinski definition) is 5. The fraction of sp³-hybridized carbons (Fsp3) is 0.598. The zero-order chi connectivity index (χ0) is 85.7. The van der Waals surface area contributed by atoms with Gasteiger partial charge in [-0.05, 0) is 237 Å². The van der Waals surface area contributed by atoms with Crippen LogP contribution in [0, 0.1) is 11.8 Å². The molecule has 5 aliphatic carbocycles. The van der Waals surface area contributed by atoms with Crippen molar-refractivity contribution in [3.8, 4) is 57.5 Å². The number of methoxy groups -OCH3 is 5. The van der Waals surface area contributed by atoms with E-state index in [9.17, 15) is 4.39 Å². The molecule has 0 amide bonds. The lowest BCUT2D eigenvalue weighted by Gasteiger charge is -2.42. The van der Waals surface area contributed by atoms with E-state index >= 15 is 0 Å². The fourth-order valence-electron chi connectivity index (χ4n) is 21.0. The van der Waals surface area contributed by atoms with E-state index in [1.54, 1.807) is 42.5 Å². The second kappa shape index (κ2) is 37.4. The van der Waals surface area contributed by atoms with Gasteiger partial charge in [-0.1, -0.05) is 46.0 Å². The molecule has 26 heteroatoms. The number of aromatic nitrogens is 1. The van der Waals surface area contributed by atoms with E-state index in [1.807, 2.05) is 48.5 Å². The van der Waals surface area contributed by atoms with Crippen molar-refractivity contribution < 1.29 is 51.8 Å². The Bertz CT molecular complexity index is 4760. The smallest absolute Gasteiger partial charge is 0.163 e. The molecule has 5 saturated carbocycles. The zero-order valence-electron chi connectivity index (χ0n) is 74.3. The lowest BCUT2D eigenvalue weighted by Crippen LogP contribution is -2.57. The highest BCUT2D eigenvalue weighted by Gasteiger charge is 2.53. The number of hydrogen-bond acceptors (Lipinski definition) is 24. The first kappa shape index (κ1) is 87.0. The number of nitrogens with two attached hydrogens (primary N) is 5. The van der Waals surface area contributed by atoms with Gasteiger partial charge in [0.05, 0.1) is 124 Å². The molecule has 10 heterocycles. The Balaban J connectivity index is 0.000000114. The molecule has 14 aliphatic rings. The predicted octanol–water partition coefficient (Wildman–Crippen LogP) is 15.8. The zero-order valence-corrected chi connectivity index (χ0v) is 74.3. The third kappa shape index (κ3) is 17.8. The summed E-state index contributed by atoms with van der Waals surface area (Å²) in [5.41, 5.74) is 40.6. The number of aryl methyl sites for hydroxylation is 1. The molecule has 0 bridgehead atoms. The molecule has 9 fully saturated rings. The quantitative estimate of drug-likeness (QED) is 0.0262. The lowest BCUT2D eigenvalue weighted by atomic mass is 9.64. The first-order chi connectivity index (χ1) is 59.6. The standard InChI is InChI=1S/2C20H29N3O2.C19H26FN3O2.C19H27N3O2.C19H23N3O2/c2*1-14-5-9-23(13-14)8-4-10-25-18-12-16-15(11-17(18)24-2)20(6-3-7-20)19(21)22-16;1-18(20)11-23(12-18)7-4-8-25-16-10-14-13(9-15(16)24-2)19(5-3-6-19)17(21)22-14;2*1-23-16-12-14-15(21-18(20)19(14)6-4-7-19)13-17(16)24-11-5-10-22-8-2-3-9-22/h2*11-12,14H,3-10,13H2,1-2H3,(H2,21,22);9-10H,3-8,11-12H2,1-2H3,(H2,21,22);12-13H,2-11H2,1H3,(H2,20,21);2-3,8-9,12-13H,4-7,10-11H2,1H3,(H2,20,21)/t2*14-;;;/m10.../s1. The van der Waals surface area contributed by atoms with Gasteiger partial charge in [0, 0.05) is 102 Å². The highest BCUT2D eigenvalue weighted by molar-refractivity contribution is 6.04. The number of fused-ring (bicyclic) bond motifs is 10. The van der Waals surface area contributed by atoms with E-state index in [-0.39, 0.29) is 27.1 Å². The van der Waals surface area contributed by atoms with Crippen LogP contribution in [0.5, 0.6) is 57.5 Å². The Morgan fingerprint density at radius 2 is 0.585 bits per heavy atom. The van der Waals surface area contributed by atoms with Crippen LogP contribution in [0.1, 0.15) is 203 Å². The number of alkyl halides is 1. The van der Waals surface area contributed by atoms with Gasteiger partial charge in [-0.15, -0.1) is 0 Å². The summed E-state index contributed by atoms with van der Waals surface area (Å²) in [4.78, 5) is 32.7. The molecule has 0 unspecified atom stereocenters. The van der Waals surface area contributed by atoms with E-state index in [2.05, 4.69) is 99.6 Å². The number of benzene rings is 5. The van der Waals surface area contributed by atoms with Crippen LogP contribution in [0.2, 0.25) is 0 Å². The van der Waals surface area contributed by atoms with Gasteiger partial charge < -0.3 is 95.3 Å². The molecule has 5 spiro atoms. The summed E-state index contributed by atoms with van der Waals surface area (Å²) in [5, 5.41) is 0. The summed E-state index contributed by atoms with van der Waals surface area (Å²) in [6, 6.07) is 24.4. The number of amidine groups is 5. The summed E-state index contributed by atoms with van der Waals surface area (Å²) in [6.45, 7) is 23.1. The van der Waals surface area contributed by atoms with Crippen molar-refractivity contribution >= 4 is 57.6 Å². The third-order valence-electron chi connectivity index (χ3n) is 29.0. The number of ether oxygens (including phenoxy) is 10. The molecule has 5 aromatic carbocycles. The molecule has 10 N–H and O–H groups in total. The molecular formula is C97H134FN15O10. The number of nitrogens with zero attached hydrogens (tertiary/aromatic N) is 10. The molecule has 123 heavy (non-hydrogen) atoms. The second-order valence-corrected chi connectivity index (χ2v) is 37.3. The molecule has 20 rings (SSSR count). The van der Waals surface area contributed by atoms with Crippen molar-refractivity contribution in [1.29, 1.82) is 0 Å². The van der Waals surface area contributed by atoms with Crippen LogP contribution in [-0.4, -0.2) is 206 Å². The summed E-state index contributed by atoms with van der Waals surface area (Å²) < 4.78 is 73.4. The Morgan fingerprint density at radius 1 is 0.333 bits per heavy atom. The Hall–Kier alpha value is -9.50. The average molecular weight is 1690 g/mol. The molecule has 4 saturated heterocycles. The molecule has 25 nitrogen and oxygen atoms in total. The number of likely N-dealkylation sites (tertiary alicyclic amines) is 4. The average Bonchev–Trinajstić information content (AvgIpc) is 1.60. The monoisotopic (exact) mass is 1690 g/mol. The summed E-state index contributed by atoms with van der Waals surface area (Å²) in [6.07, 6.45) is 31.2. The van der Waals surface area contributed by atoms with Gasteiger partial charge in [0.15, 0.2) is 57.5 Å². The van der Waals surface area contributed by atoms with Crippen molar-refractivity contribution in [2.24, 2.45) is 65.5 Å². The van der Waals surface area contributed by atoms with Gasteiger partial charge in [0.2, 0.25) is 0 Å². The largest absolute Gasteiger partial charge is 0.493 e. The van der Waals surface area contributed by atoms with Gasteiger partial charge in [-0.3, -0.25) is 4.90 Å². The van der Waals surface area contributed by atoms with E-state index in [0.29, 0.717) is 51.9 Å². The van der Waals surface area contributed by atoms with E-state index in [4.69, 9.17) is 76.0 Å². The topological polar surface area (TPSA) is 302 Å². The number of halogens is 1. The normalized spacial score (nSPS) is 22.0. The van der Waals surface area contributed by atoms with Crippen LogP contribution >= 0.6 is 0 Å². The number of aliphatic imine (C=N–C) groups is 5. The van der Waals surface area contributed by atoms with Gasteiger partial charge in [0.25, 0.3) is 0 Å². The predicted molar refractivity (Wildman–Crippen MR) is 486 cm³/mol. The third-order valence-corrected chi connectivity index (χ3v) is 29.0. The van der Waals surface area contributed by atoms with Crippen molar-refractivity contribution in [2.75, 3.05) is 147 Å². The maximum Gasteiger partial charge on any atom is 0.163 e. The Labute approximate surface area is 727 Å². The van der Waals surface area contributed by atoms with Crippen LogP contribution in [0.15, 0.2) is 110 Å². The van der Waals surface area contributed by atoms with E-state index in [0.717, 1.165) is 250 Å². The second-order valence-electron chi connectivity index (χ2n) is 37.3. The fourth-order valence-corrected chi connectivity index (χ4v) is 21.0. The van der Waals surface area contributed by atoms with Crippen LogP contribution in [0.4, 0.5) is 32.8 Å². The van der Waals surface area contributed by atoms with Gasteiger partial charge in [-0.25, -0.2) is 29.4 Å². The van der Waals surface area contributed by atoms with Crippen LogP contribution < -0.4 is 76.0 Å². The molecular weight excluding hydrogens is 1550 g/mol. The molecule has 2 atom stereocenters. The Morgan fingerprint density at radius 3 is 0.813 bits per heavy atom. The Kier molecular flexibility index (Phi) is 26.4. The SMILES string of the molecule is COc1cc2c(cc1OCCCN1CC(C)(F)C1)N=C(N)C21CCC1.COc1cc2c(cc1OCCCN1CCCC1)N=C(N)C21CCC1.COc1cc2c(cc1OCCCN1CC[C@@H](C)C1)N=C(N)C21CCC1.COc1cc2c(cc1OCCCN1CC[C@H](C)C1)N=C(N)C21CCC1.COc1cc2c(cc1OCCCn1cccc1)N=C(N)C21CCC1. The van der Waals surface area contributed by atoms with E-state index in [1.165, 1.54) is 125 Å². The summed E-state index contributed by atoms with van der Waals surface area (Å²) in [7, 11) is 8.44. The molecule has 6 aromatic rings. The van der Waals surface area contributed by atoms with Crippen molar-refractivity contribution in [2.45, 2.75) is 214 Å². The first-order valence-electron chi connectivity index (χ1n) is 45.8. The minimum atomic E-state index is -1.01. The number of rotatable bonds is 30. The van der Waals surface area contributed by atoms with Crippen molar-refractivity contribution in [3.63, 3.8) is 0 Å². The van der Waals surface area contributed by atoms with E-state index < -0.39 is 5.67 Å². The maximum atomic E-state index is 13.5. The van der Waals surface area contributed by atoms with Crippen LogP contribution in [0.3, 0.4) is 0 Å². The van der Waals surface area contributed by atoms with Crippen LogP contribution in [-0.2, 0) is 33.6 Å². The molecule has 9 aliphatic heterocycles. The van der Waals surface area contributed by atoms with Gasteiger partial charge >= 0.3 is 0 Å². The van der Waals surface area contributed by atoms with Gasteiger partial charge in [-0.2, -0.15) is 0 Å². The van der Waals surface area contributed by atoms with Gasteiger partial charge in [0.1, 0.15) is 34.8 Å². The molecule has 664 valence electrons. The minimum Gasteiger partial charge on any atom is -0.493 e. The van der Waals surface area contributed by atoms with Crippen LogP contribution in [0.25, 0.3) is 0 Å². The molecule has 1 aromatic heterocycles. The summed E-state index contributed by atoms with van der Waals surface area (Å²) >= 11 is 0. The highest BCUT2D eigenvalue weighted by Crippen LogP contribution is 2.59. The highest BCUT2D eigenvalue weighted by atomic mass is 19.1. The van der Waals surface area contributed by atoms with Crippen molar-refractivity contribution in [1.82, 2.24) is 24.2 Å². The summed E-state index contributed by atoms with van der Waals surface area (Å²) in [5.74, 6) is 13.1. The molecule has 0 radical (unpaired) electrons. The lowest BCUT2D eigenvalue weighted by molar-refractivity contribution is -0.0192. The minimum absolute atomic E-state index is 0.0309. The first-order valence-corrected chi connectivity index (χ1v) is 45.8.